The summed E-state index contributed by atoms with van der Waals surface area (Å²) >= 11 is 0. The predicted molar refractivity (Wildman–Crippen MR) is 96.5 cm³/mol. The molecule has 1 atom stereocenters. The van der Waals surface area contributed by atoms with Crippen molar-refractivity contribution < 1.29 is 9.90 Å². The lowest BCUT2D eigenvalue weighted by Gasteiger charge is -2.18. The van der Waals surface area contributed by atoms with Gasteiger partial charge in [-0.05, 0) is 36.6 Å². The molecular weight excluding hydrogens is 314 g/mol. The zero-order valence-electron chi connectivity index (χ0n) is 13.9. The van der Waals surface area contributed by atoms with E-state index in [2.05, 4.69) is 10.4 Å². The zero-order chi connectivity index (χ0) is 17.5. The van der Waals surface area contributed by atoms with Crippen molar-refractivity contribution in [2.24, 2.45) is 0 Å². The number of aromatic nitrogens is 2. The Hall–Kier alpha value is -2.92. The topological polar surface area (TPSA) is 67.2 Å². The maximum Gasteiger partial charge on any atom is 0.272 e. The lowest BCUT2D eigenvalue weighted by Crippen LogP contribution is -2.29. The van der Waals surface area contributed by atoms with Gasteiger partial charge in [0.05, 0.1) is 11.7 Å². The van der Waals surface area contributed by atoms with Gasteiger partial charge in [0, 0.05) is 12.8 Å². The number of benzene rings is 2. The van der Waals surface area contributed by atoms with Crippen molar-refractivity contribution in [1.29, 1.82) is 0 Å². The van der Waals surface area contributed by atoms with Crippen molar-refractivity contribution in [2.45, 2.75) is 18.9 Å². The number of rotatable bonds is 7. The Kier molecular flexibility index (Phi) is 5.59. The highest BCUT2D eigenvalue weighted by Crippen LogP contribution is 2.19. The van der Waals surface area contributed by atoms with Crippen LogP contribution < -0.4 is 5.32 Å². The van der Waals surface area contributed by atoms with Crippen molar-refractivity contribution in [3.8, 4) is 5.69 Å². The maximum atomic E-state index is 12.6. The Balaban J connectivity index is 1.74. The number of aliphatic hydroxyl groups excluding tert-OH is 1. The molecule has 1 unspecified atom stereocenters. The van der Waals surface area contributed by atoms with Crippen molar-refractivity contribution in [3.63, 3.8) is 0 Å². The molecule has 0 saturated heterocycles. The molecule has 0 aliphatic heterocycles. The highest BCUT2D eigenvalue weighted by molar-refractivity contribution is 5.92. The molecule has 0 radical (unpaired) electrons. The van der Waals surface area contributed by atoms with E-state index in [9.17, 15) is 4.79 Å². The summed E-state index contributed by atoms with van der Waals surface area (Å²) in [6, 6.07) is 21.0. The lowest BCUT2D eigenvalue weighted by atomic mass is 10.0. The molecule has 0 spiro atoms. The van der Waals surface area contributed by atoms with Gasteiger partial charge in [0.1, 0.15) is 0 Å². The molecule has 2 aromatic carbocycles. The molecule has 1 aromatic heterocycles. The van der Waals surface area contributed by atoms with Gasteiger partial charge < -0.3 is 10.4 Å². The number of nitrogens with zero attached hydrogens (tertiary/aromatic N) is 2. The van der Waals surface area contributed by atoms with Crippen LogP contribution in [0.25, 0.3) is 5.69 Å². The smallest absolute Gasteiger partial charge is 0.272 e. The third-order valence-corrected chi connectivity index (χ3v) is 4.00. The molecule has 3 rings (SSSR count). The average molecular weight is 335 g/mol. The molecule has 5 heteroatoms. The van der Waals surface area contributed by atoms with E-state index in [1.54, 1.807) is 16.9 Å². The number of nitrogens with one attached hydrogen (secondary N) is 1. The molecule has 3 aromatic rings. The van der Waals surface area contributed by atoms with E-state index in [0.717, 1.165) is 11.3 Å². The van der Waals surface area contributed by atoms with E-state index in [4.69, 9.17) is 5.11 Å². The second-order valence-electron chi connectivity index (χ2n) is 5.78. The van der Waals surface area contributed by atoms with Crippen LogP contribution in [-0.2, 0) is 0 Å². The summed E-state index contributed by atoms with van der Waals surface area (Å²) in [6.07, 6.45) is 3.07. The predicted octanol–water partition coefficient (Wildman–Crippen LogP) is 3.12. The van der Waals surface area contributed by atoms with Crippen LogP contribution in [-0.4, -0.2) is 27.4 Å². The van der Waals surface area contributed by atoms with Gasteiger partial charge in [0.25, 0.3) is 5.91 Å². The third kappa shape index (κ3) is 4.33. The molecule has 0 bridgehead atoms. The Morgan fingerprint density at radius 2 is 1.72 bits per heavy atom. The summed E-state index contributed by atoms with van der Waals surface area (Å²) in [6.45, 7) is 0.0990. The van der Waals surface area contributed by atoms with Gasteiger partial charge in [-0.3, -0.25) is 4.79 Å². The minimum absolute atomic E-state index is 0.0990. The Morgan fingerprint density at radius 3 is 2.40 bits per heavy atom. The van der Waals surface area contributed by atoms with Gasteiger partial charge in [0.2, 0.25) is 0 Å². The van der Waals surface area contributed by atoms with Crippen LogP contribution in [0.4, 0.5) is 0 Å². The number of amides is 1. The molecule has 1 amide bonds. The van der Waals surface area contributed by atoms with Crippen LogP contribution in [0.2, 0.25) is 0 Å². The number of carbonyl (C=O) groups is 1. The standard InChI is InChI=1S/C20H21N3O2/c24-15-7-12-18(16-8-3-1-4-9-16)21-20(25)19-13-14-23(22-19)17-10-5-2-6-11-17/h1-6,8-11,13-14,18,24H,7,12,15H2,(H,21,25). The third-order valence-electron chi connectivity index (χ3n) is 4.00. The zero-order valence-corrected chi connectivity index (χ0v) is 13.9. The Labute approximate surface area is 146 Å². The van der Waals surface area contributed by atoms with Crippen LogP contribution in [0.15, 0.2) is 72.9 Å². The van der Waals surface area contributed by atoms with Gasteiger partial charge in [-0.1, -0.05) is 48.5 Å². The average Bonchev–Trinajstić information content (AvgIpc) is 3.17. The number of carbonyl (C=O) groups excluding carboxylic acids is 1. The molecule has 2 N–H and O–H groups in total. The molecule has 128 valence electrons. The van der Waals surface area contributed by atoms with Gasteiger partial charge in [0.15, 0.2) is 5.69 Å². The normalized spacial score (nSPS) is 11.9. The minimum atomic E-state index is -0.221. The van der Waals surface area contributed by atoms with Crippen LogP contribution >= 0.6 is 0 Å². The first-order valence-corrected chi connectivity index (χ1v) is 8.35. The SMILES string of the molecule is O=C(NC(CCCO)c1ccccc1)c1ccn(-c2ccccc2)n1. The summed E-state index contributed by atoms with van der Waals surface area (Å²) in [7, 11) is 0. The fourth-order valence-corrected chi connectivity index (χ4v) is 2.70. The molecule has 1 heterocycles. The first-order valence-electron chi connectivity index (χ1n) is 8.35. The number of hydrogen-bond donors (Lipinski definition) is 2. The Bertz CT molecular complexity index is 800. The number of aliphatic hydroxyl groups is 1. The second-order valence-corrected chi connectivity index (χ2v) is 5.78. The van der Waals surface area contributed by atoms with Crippen molar-refractivity contribution in [1.82, 2.24) is 15.1 Å². The van der Waals surface area contributed by atoms with Crippen LogP contribution in [0.3, 0.4) is 0 Å². The largest absolute Gasteiger partial charge is 0.396 e. The van der Waals surface area contributed by atoms with Gasteiger partial charge >= 0.3 is 0 Å². The first-order chi connectivity index (χ1) is 12.3. The Morgan fingerprint density at radius 1 is 1.04 bits per heavy atom. The molecule has 0 saturated carbocycles. The van der Waals surface area contributed by atoms with Crippen molar-refractivity contribution in [3.05, 3.63) is 84.2 Å². The van der Waals surface area contributed by atoms with E-state index in [-0.39, 0.29) is 18.6 Å². The fraction of sp³-hybridized carbons (Fsp3) is 0.200. The summed E-state index contributed by atoms with van der Waals surface area (Å²) < 4.78 is 1.68. The van der Waals surface area contributed by atoms with E-state index in [1.807, 2.05) is 60.7 Å². The summed E-state index contributed by atoms with van der Waals surface area (Å²) in [5.41, 5.74) is 2.29. The highest BCUT2D eigenvalue weighted by Gasteiger charge is 2.17. The molecule has 0 fully saturated rings. The summed E-state index contributed by atoms with van der Waals surface area (Å²) in [5, 5.41) is 16.5. The van der Waals surface area contributed by atoms with Crippen molar-refractivity contribution in [2.75, 3.05) is 6.61 Å². The van der Waals surface area contributed by atoms with E-state index in [1.165, 1.54) is 0 Å². The minimum Gasteiger partial charge on any atom is -0.396 e. The molecule has 25 heavy (non-hydrogen) atoms. The van der Waals surface area contributed by atoms with Crippen LogP contribution in [0.5, 0.6) is 0 Å². The van der Waals surface area contributed by atoms with Crippen LogP contribution in [0, 0.1) is 0 Å². The molecular formula is C20H21N3O2. The molecule has 0 aliphatic rings. The van der Waals surface area contributed by atoms with E-state index in [0.29, 0.717) is 18.5 Å². The maximum absolute atomic E-state index is 12.6. The number of hydrogen-bond acceptors (Lipinski definition) is 3. The van der Waals surface area contributed by atoms with Gasteiger partial charge in [-0.2, -0.15) is 5.10 Å². The second kappa shape index (κ2) is 8.26. The van der Waals surface area contributed by atoms with E-state index < -0.39 is 0 Å². The van der Waals surface area contributed by atoms with Gasteiger partial charge in [-0.15, -0.1) is 0 Å². The summed E-state index contributed by atoms with van der Waals surface area (Å²) in [5.74, 6) is -0.221. The van der Waals surface area contributed by atoms with E-state index >= 15 is 0 Å². The lowest BCUT2D eigenvalue weighted by molar-refractivity contribution is 0.0927. The monoisotopic (exact) mass is 335 g/mol. The first kappa shape index (κ1) is 16.9. The van der Waals surface area contributed by atoms with Crippen LogP contribution in [0.1, 0.15) is 34.9 Å². The summed E-state index contributed by atoms with van der Waals surface area (Å²) in [4.78, 5) is 12.6. The fourth-order valence-electron chi connectivity index (χ4n) is 2.70. The quantitative estimate of drug-likeness (QED) is 0.697. The number of para-hydroxylation sites is 1. The molecule has 5 nitrogen and oxygen atoms in total. The molecule has 0 aliphatic carbocycles. The van der Waals surface area contributed by atoms with Gasteiger partial charge in [-0.25, -0.2) is 4.68 Å². The van der Waals surface area contributed by atoms with Crippen molar-refractivity contribution >= 4 is 5.91 Å². The highest BCUT2D eigenvalue weighted by atomic mass is 16.3.